The zero-order chi connectivity index (χ0) is 22.0. The molecule has 5 nitrogen and oxygen atoms in total. The van der Waals surface area contributed by atoms with Crippen LogP contribution in [0.4, 0.5) is 15.8 Å². The van der Waals surface area contributed by atoms with Crippen molar-refractivity contribution >= 4 is 23.2 Å². The van der Waals surface area contributed by atoms with Crippen molar-refractivity contribution in [3.05, 3.63) is 59.4 Å². The summed E-state index contributed by atoms with van der Waals surface area (Å²) in [5, 5.41) is 3.03. The van der Waals surface area contributed by atoms with E-state index in [2.05, 4.69) is 23.2 Å². The molecule has 4 rings (SSSR count). The highest BCUT2D eigenvalue weighted by molar-refractivity contribution is 5.97. The van der Waals surface area contributed by atoms with Gasteiger partial charge in [-0.2, -0.15) is 0 Å². The highest BCUT2D eigenvalue weighted by Gasteiger charge is 2.31. The minimum atomic E-state index is -0.510. The van der Waals surface area contributed by atoms with Crippen LogP contribution in [0.1, 0.15) is 48.5 Å². The fourth-order valence-corrected chi connectivity index (χ4v) is 4.76. The molecule has 164 valence electrons. The molecule has 1 N–H and O–H groups in total. The molecule has 0 radical (unpaired) electrons. The van der Waals surface area contributed by atoms with Crippen LogP contribution in [0.15, 0.2) is 42.5 Å². The number of amides is 2. The summed E-state index contributed by atoms with van der Waals surface area (Å²) in [6.07, 6.45) is 3.81. The van der Waals surface area contributed by atoms with Gasteiger partial charge in [0.15, 0.2) is 0 Å². The lowest BCUT2D eigenvalue weighted by atomic mass is 9.95. The Bertz CT molecular complexity index is 957. The van der Waals surface area contributed by atoms with Gasteiger partial charge in [0.1, 0.15) is 5.82 Å². The summed E-state index contributed by atoms with van der Waals surface area (Å²) in [5.41, 5.74) is 2.62. The average Bonchev–Trinajstić information content (AvgIpc) is 3.19. The first kappa shape index (κ1) is 21.3. The number of likely N-dealkylation sites (tertiary alicyclic amines) is 1. The van der Waals surface area contributed by atoms with Crippen molar-refractivity contribution in [1.29, 1.82) is 0 Å². The van der Waals surface area contributed by atoms with E-state index < -0.39 is 5.82 Å². The van der Waals surface area contributed by atoms with Crippen LogP contribution in [0.25, 0.3) is 0 Å². The molecule has 0 bridgehead atoms. The number of benzene rings is 2. The quantitative estimate of drug-likeness (QED) is 0.781. The van der Waals surface area contributed by atoms with Crippen molar-refractivity contribution in [3.63, 3.8) is 0 Å². The highest BCUT2D eigenvalue weighted by Crippen LogP contribution is 2.28. The monoisotopic (exact) mass is 423 g/mol. The van der Waals surface area contributed by atoms with Gasteiger partial charge in [-0.15, -0.1) is 0 Å². The number of carbonyl (C=O) groups excluding carboxylic acids is 2. The first-order valence-electron chi connectivity index (χ1n) is 11.2. The molecule has 1 unspecified atom stereocenters. The lowest BCUT2D eigenvalue weighted by molar-refractivity contribution is -0.121. The predicted molar refractivity (Wildman–Crippen MR) is 121 cm³/mol. The van der Waals surface area contributed by atoms with Crippen LogP contribution < -0.4 is 10.2 Å². The summed E-state index contributed by atoms with van der Waals surface area (Å²) < 4.78 is 14.3. The van der Waals surface area contributed by atoms with Crippen LogP contribution in [0, 0.1) is 18.7 Å². The van der Waals surface area contributed by atoms with Gasteiger partial charge in [0.25, 0.3) is 5.91 Å². The van der Waals surface area contributed by atoms with Gasteiger partial charge in [-0.25, -0.2) is 4.39 Å². The van der Waals surface area contributed by atoms with Crippen LogP contribution in [-0.4, -0.2) is 42.4 Å². The molecule has 2 heterocycles. The van der Waals surface area contributed by atoms with Crippen molar-refractivity contribution in [2.24, 2.45) is 5.92 Å². The lowest BCUT2D eigenvalue weighted by Crippen LogP contribution is -2.44. The molecule has 2 aliphatic rings. The van der Waals surface area contributed by atoms with E-state index in [4.69, 9.17) is 0 Å². The number of nitrogens with zero attached hydrogens (tertiary/aromatic N) is 2. The van der Waals surface area contributed by atoms with Crippen LogP contribution >= 0.6 is 0 Å². The summed E-state index contributed by atoms with van der Waals surface area (Å²) in [7, 11) is 0. The van der Waals surface area contributed by atoms with Gasteiger partial charge in [-0.05, 0) is 69.4 Å². The third kappa shape index (κ3) is 4.58. The standard InChI is InChI=1S/C25H30FN3O2/c1-17-7-3-12-22(26)23(17)25(31)28-13-6-9-19(16-28)24(30)27-20-10-4-11-21(15-20)29-14-5-8-18(29)2/h3-4,7,10-12,15,18-19H,5-6,8-9,13-14,16H2,1-2H3,(H,27,30)/t18-,19?/m1/s1. The van der Waals surface area contributed by atoms with Gasteiger partial charge in [0, 0.05) is 37.1 Å². The maximum absolute atomic E-state index is 14.3. The molecule has 31 heavy (non-hydrogen) atoms. The molecule has 0 spiro atoms. The number of hydrogen-bond donors (Lipinski definition) is 1. The molecular formula is C25H30FN3O2. The summed E-state index contributed by atoms with van der Waals surface area (Å²) in [4.78, 5) is 29.9. The number of aryl methyl sites for hydroxylation is 1. The third-order valence-electron chi connectivity index (χ3n) is 6.51. The molecule has 0 aliphatic carbocycles. The Balaban J connectivity index is 1.43. The smallest absolute Gasteiger partial charge is 0.257 e. The average molecular weight is 424 g/mol. The lowest BCUT2D eigenvalue weighted by Gasteiger charge is -2.32. The van der Waals surface area contributed by atoms with E-state index in [1.807, 2.05) is 18.2 Å². The normalized spacial score (nSPS) is 21.3. The molecule has 2 saturated heterocycles. The first-order chi connectivity index (χ1) is 14.9. The van der Waals surface area contributed by atoms with Crippen LogP contribution in [0.2, 0.25) is 0 Å². The molecular weight excluding hydrogens is 393 g/mol. The number of carbonyl (C=O) groups is 2. The number of anilines is 2. The van der Waals surface area contributed by atoms with Gasteiger partial charge in [0.05, 0.1) is 11.5 Å². The van der Waals surface area contributed by atoms with Crippen LogP contribution in [0.3, 0.4) is 0 Å². The molecule has 2 aromatic carbocycles. The Hall–Kier alpha value is -2.89. The summed E-state index contributed by atoms with van der Waals surface area (Å²) >= 11 is 0. The summed E-state index contributed by atoms with van der Waals surface area (Å²) in [6, 6.07) is 13.1. The van der Waals surface area contributed by atoms with Gasteiger partial charge in [0.2, 0.25) is 5.91 Å². The highest BCUT2D eigenvalue weighted by atomic mass is 19.1. The first-order valence-corrected chi connectivity index (χ1v) is 11.2. The van der Waals surface area contributed by atoms with E-state index in [-0.39, 0.29) is 23.3 Å². The van der Waals surface area contributed by atoms with Crippen molar-refractivity contribution < 1.29 is 14.0 Å². The Kier molecular flexibility index (Phi) is 6.25. The third-order valence-corrected chi connectivity index (χ3v) is 6.51. The SMILES string of the molecule is Cc1cccc(F)c1C(=O)N1CCCC(C(=O)Nc2cccc(N3CCC[C@H]3C)c2)C1. The van der Waals surface area contributed by atoms with E-state index in [1.54, 1.807) is 24.0 Å². The Morgan fingerprint density at radius 3 is 2.58 bits per heavy atom. The van der Waals surface area contributed by atoms with E-state index in [0.29, 0.717) is 31.1 Å². The van der Waals surface area contributed by atoms with E-state index >= 15 is 0 Å². The van der Waals surface area contributed by atoms with Gasteiger partial charge >= 0.3 is 0 Å². The van der Waals surface area contributed by atoms with E-state index in [0.717, 1.165) is 24.3 Å². The molecule has 6 heteroatoms. The molecule has 2 fully saturated rings. The second-order valence-electron chi connectivity index (χ2n) is 8.75. The fourth-order valence-electron chi connectivity index (χ4n) is 4.76. The van der Waals surface area contributed by atoms with Gasteiger partial charge < -0.3 is 15.1 Å². The summed E-state index contributed by atoms with van der Waals surface area (Å²) in [5.74, 6) is -1.24. The van der Waals surface area contributed by atoms with Crippen LogP contribution in [0.5, 0.6) is 0 Å². The largest absolute Gasteiger partial charge is 0.369 e. The number of rotatable bonds is 4. The van der Waals surface area contributed by atoms with Gasteiger partial charge in [-0.1, -0.05) is 18.2 Å². The summed E-state index contributed by atoms with van der Waals surface area (Å²) in [6.45, 7) is 5.84. The predicted octanol–water partition coefficient (Wildman–Crippen LogP) is 4.61. The van der Waals surface area contributed by atoms with Crippen LogP contribution in [-0.2, 0) is 4.79 Å². The minimum absolute atomic E-state index is 0.0885. The Morgan fingerprint density at radius 2 is 1.84 bits per heavy atom. The zero-order valence-electron chi connectivity index (χ0n) is 18.2. The Morgan fingerprint density at radius 1 is 1.06 bits per heavy atom. The van der Waals surface area contributed by atoms with Gasteiger partial charge in [-0.3, -0.25) is 9.59 Å². The molecule has 2 amide bonds. The second-order valence-corrected chi connectivity index (χ2v) is 8.75. The maximum atomic E-state index is 14.3. The van der Waals surface area contributed by atoms with Crippen molar-refractivity contribution in [2.75, 3.05) is 29.9 Å². The van der Waals surface area contributed by atoms with E-state index in [1.165, 1.54) is 18.9 Å². The molecule has 2 aromatic rings. The molecule has 0 saturated carbocycles. The van der Waals surface area contributed by atoms with Crippen molar-refractivity contribution in [1.82, 2.24) is 4.90 Å². The zero-order valence-corrected chi connectivity index (χ0v) is 18.2. The second kappa shape index (κ2) is 9.08. The minimum Gasteiger partial charge on any atom is -0.369 e. The number of nitrogens with one attached hydrogen (secondary N) is 1. The topological polar surface area (TPSA) is 52.7 Å². The Labute approximate surface area is 183 Å². The molecule has 0 aromatic heterocycles. The number of piperidine rings is 1. The number of halogens is 1. The van der Waals surface area contributed by atoms with Crippen molar-refractivity contribution in [3.8, 4) is 0 Å². The van der Waals surface area contributed by atoms with E-state index in [9.17, 15) is 14.0 Å². The molecule has 2 aliphatic heterocycles. The van der Waals surface area contributed by atoms with Crippen molar-refractivity contribution in [2.45, 2.75) is 45.6 Å². The number of hydrogen-bond acceptors (Lipinski definition) is 3. The fraction of sp³-hybridized carbons (Fsp3) is 0.440. The maximum Gasteiger partial charge on any atom is 0.257 e. The molecule has 2 atom stereocenters.